The summed E-state index contributed by atoms with van der Waals surface area (Å²) in [6.07, 6.45) is 0. The SMILES string of the molecule is CC(C)[C@H](N)C(=O)O.[KH]. The minimum atomic E-state index is -0.931. The van der Waals surface area contributed by atoms with Gasteiger partial charge in [-0.3, -0.25) is 4.79 Å². The van der Waals surface area contributed by atoms with Gasteiger partial charge in [0.2, 0.25) is 0 Å². The predicted molar refractivity (Wildman–Crippen MR) is 37.6 cm³/mol. The Kier molecular flexibility index (Phi) is 8.23. The van der Waals surface area contributed by atoms with Crippen LogP contribution in [0.15, 0.2) is 0 Å². The number of carbonyl (C=O) groups is 1. The van der Waals surface area contributed by atoms with Crippen LogP contribution in [-0.4, -0.2) is 68.5 Å². The first-order valence-electron chi connectivity index (χ1n) is 2.54. The number of rotatable bonds is 2. The summed E-state index contributed by atoms with van der Waals surface area (Å²) in [5.41, 5.74) is 5.16. The molecule has 3 nitrogen and oxygen atoms in total. The van der Waals surface area contributed by atoms with Gasteiger partial charge < -0.3 is 10.8 Å². The van der Waals surface area contributed by atoms with Crippen molar-refractivity contribution in [3.63, 3.8) is 0 Å². The molecule has 0 aromatic carbocycles. The molecular formula is C5H12KNO2. The van der Waals surface area contributed by atoms with E-state index in [-0.39, 0.29) is 57.3 Å². The van der Waals surface area contributed by atoms with Gasteiger partial charge in [-0.2, -0.15) is 0 Å². The second-order valence-electron chi connectivity index (χ2n) is 2.11. The van der Waals surface area contributed by atoms with Crippen LogP contribution in [0, 0.1) is 5.92 Å². The van der Waals surface area contributed by atoms with Crippen LogP contribution in [0.3, 0.4) is 0 Å². The van der Waals surface area contributed by atoms with Crippen LogP contribution in [0.4, 0.5) is 0 Å². The van der Waals surface area contributed by atoms with Crippen molar-refractivity contribution in [3.05, 3.63) is 0 Å². The van der Waals surface area contributed by atoms with Gasteiger partial charge in [-0.15, -0.1) is 0 Å². The molecule has 50 valence electrons. The molecule has 0 aromatic heterocycles. The van der Waals surface area contributed by atoms with Crippen LogP contribution < -0.4 is 5.73 Å². The van der Waals surface area contributed by atoms with Crippen LogP contribution in [0.2, 0.25) is 0 Å². The fourth-order valence-electron chi connectivity index (χ4n) is 0.285. The van der Waals surface area contributed by atoms with E-state index in [9.17, 15) is 4.79 Å². The summed E-state index contributed by atoms with van der Waals surface area (Å²) in [6, 6.07) is -0.713. The summed E-state index contributed by atoms with van der Waals surface area (Å²) in [5, 5.41) is 8.23. The zero-order valence-electron chi connectivity index (χ0n) is 5.09. The van der Waals surface area contributed by atoms with Crippen LogP contribution in [0.25, 0.3) is 0 Å². The summed E-state index contributed by atoms with van der Waals surface area (Å²) < 4.78 is 0. The Bertz CT molecular complexity index is 95.0. The Morgan fingerprint density at radius 1 is 1.56 bits per heavy atom. The monoisotopic (exact) mass is 157 g/mol. The first-order chi connectivity index (χ1) is 3.55. The van der Waals surface area contributed by atoms with Crippen LogP contribution in [-0.2, 0) is 4.79 Å². The molecule has 0 heterocycles. The molecule has 0 unspecified atom stereocenters. The Hall–Kier alpha value is 1.07. The minimum absolute atomic E-state index is 0. The Labute approximate surface area is 97.4 Å². The maximum atomic E-state index is 10.0. The summed E-state index contributed by atoms with van der Waals surface area (Å²) >= 11 is 0. The molecule has 0 aliphatic carbocycles. The summed E-state index contributed by atoms with van der Waals surface area (Å²) in [7, 11) is 0. The average Bonchev–Trinajstić information content (AvgIpc) is 1.64. The fourth-order valence-corrected chi connectivity index (χ4v) is 0.285. The third kappa shape index (κ3) is 5.51. The number of hydrogen-bond acceptors (Lipinski definition) is 2. The Morgan fingerprint density at radius 2 is 1.89 bits per heavy atom. The standard InChI is InChI=1S/C5H11NO2.K.H/c1-3(2)4(6)5(7)8;;/h3-4H,6H2,1-2H3,(H,7,8);;/t4-;;/m0../s1. The third-order valence-electron chi connectivity index (χ3n) is 1.00. The molecule has 1 atom stereocenters. The van der Waals surface area contributed by atoms with Gasteiger partial charge in [0.25, 0.3) is 0 Å². The summed E-state index contributed by atoms with van der Waals surface area (Å²) in [4.78, 5) is 10.0. The van der Waals surface area contributed by atoms with E-state index >= 15 is 0 Å². The van der Waals surface area contributed by atoms with Crippen LogP contribution in [0.5, 0.6) is 0 Å². The van der Waals surface area contributed by atoms with Gasteiger partial charge in [0, 0.05) is 0 Å². The Morgan fingerprint density at radius 3 is 1.89 bits per heavy atom. The molecule has 0 aliphatic rings. The number of aliphatic carboxylic acids is 1. The molecule has 3 N–H and O–H groups in total. The zero-order valence-corrected chi connectivity index (χ0v) is 5.09. The molecule has 0 fully saturated rings. The molecule has 0 saturated heterocycles. The first kappa shape index (κ1) is 12.7. The van der Waals surface area contributed by atoms with Gasteiger partial charge in [-0.25, -0.2) is 0 Å². The quantitative estimate of drug-likeness (QED) is 0.526. The second-order valence-corrected chi connectivity index (χ2v) is 2.11. The van der Waals surface area contributed by atoms with Crippen molar-refractivity contribution in [2.45, 2.75) is 19.9 Å². The van der Waals surface area contributed by atoms with Gasteiger partial charge in [0.05, 0.1) is 0 Å². The number of carboxylic acid groups (broad SMARTS) is 1. The molecule has 0 radical (unpaired) electrons. The van der Waals surface area contributed by atoms with E-state index in [0.717, 1.165) is 0 Å². The molecule has 0 saturated carbocycles. The normalized spacial score (nSPS) is 12.4. The van der Waals surface area contributed by atoms with E-state index in [1.165, 1.54) is 0 Å². The van der Waals surface area contributed by atoms with E-state index < -0.39 is 12.0 Å². The molecule has 0 rings (SSSR count). The molecule has 0 aliphatic heterocycles. The van der Waals surface area contributed by atoms with Crippen molar-refractivity contribution >= 4 is 57.4 Å². The van der Waals surface area contributed by atoms with Gasteiger partial charge in [0.15, 0.2) is 0 Å². The van der Waals surface area contributed by atoms with Gasteiger partial charge in [0.1, 0.15) is 6.04 Å². The van der Waals surface area contributed by atoms with E-state index in [1.807, 2.05) is 0 Å². The molecular weight excluding hydrogens is 145 g/mol. The topological polar surface area (TPSA) is 63.3 Å². The fraction of sp³-hybridized carbons (Fsp3) is 0.800. The van der Waals surface area contributed by atoms with Gasteiger partial charge in [-0.05, 0) is 5.92 Å². The van der Waals surface area contributed by atoms with Crippen molar-refractivity contribution in [3.8, 4) is 0 Å². The predicted octanol–water partition coefficient (Wildman–Crippen LogP) is -0.594. The molecule has 9 heavy (non-hydrogen) atoms. The second kappa shape index (κ2) is 5.82. The number of hydrogen-bond donors (Lipinski definition) is 2. The third-order valence-corrected chi connectivity index (χ3v) is 1.00. The molecule has 0 amide bonds. The molecule has 0 aromatic rings. The van der Waals surface area contributed by atoms with Gasteiger partial charge in [-0.1, -0.05) is 13.8 Å². The average molecular weight is 157 g/mol. The number of nitrogens with two attached hydrogens (primary N) is 1. The summed E-state index contributed by atoms with van der Waals surface area (Å²) in [6.45, 7) is 3.55. The Balaban J connectivity index is 0. The van der Waals surface area contributed by atoms with Gasteiger partial charge >= 0.3 is 57.4 Å². The van der Waals surface area contributed by atoms with Crippen molar-refractivity contribution in [1.82, 2.24) is 0 Å². The van der Waals surface area contributed by atoms with Crippen molar-refractivity contribution in [2.24, 2.45) is 11.7 Å². The zero-order chi connectivity index (χ0) is 6.73. The van der Waals surface area contributed by atoms with Crippen LogP contribution >= 0.6 is 0 Å². The number of carboxylic acids is 1. The van der Waals surface area contributed by atoms with E-state index in [2.05, 4.69) is 0 Å². The summed E-state index contributed by atoms with van der Waals surface area (Å²) in [5.74, 6) is -0.910. The van der Waals surface area contributed by atoms with E-state index in [4.69, 9.17) is 10.8 Å². The van der Waals surface area contributed by atoms with Crippen molar-refractivity contribution in [1.29, 1.82) is 0 Å². The molecule has 0 bridgehead atoms. The first-order valence-corrected chi connectivity index (χ1v) is 2.54. The van der Waals surface area contributed by atoms with E-state index in [1.54, 1.807) is 13.8 Å². The van der Waals surface area contributed by atoms with Crippen LogP contribution in [0.1, 0.15) is 13.8 Å². The van der Waals surface area contributed by atoms with Crippen molar-refractivity contribution < 1.29 is 9.90 Å². The molecule has 0 spiro atoms. The maximum absolute atomic E-state index is 10.0. The molecule has 4 heteroatoms. The van der Waals surface area contributed by atoms with E-state index in [0.29, 0.717) is 0 Å². The van der Waals surface area contributed by atoms with Crippen molar-refractivity contribution in [2.75, 3.05) is 0 Å².